The zero-order chi connectivity index (χ0) is 21.5. The van der Waals surface area contributed by atoms with Crippen LogP contribution in [0.2, 0.25) is 0 Å². The molecule has 0 saturated heterocycles. The van der Waals surface area contributed by atoms with Gasteiger partial charge in [-0.15, -0.1) is 11.3 Å². The average Bonchev–Trinajstić information content (AvgIpc) is 3.38. The highest BCUT2D eigenvalue weighted by Crippen LogP contribution is 2.20. The van der Waals surface area contributed by atoms with Crippen molar-refractivity contribution in [3.05, 3.63) is 53.2 Å². The molecule has 0 spiro atoms. The number of nitrogens with zero attached hydrogens (tertiary/aromatic N) is 3. The molecule has 8 heteroatoms. The molecule has 2 aromatic heterocycles. The van der Waals surface area contributed by atoms with Gasteiger partial charge in [-0.3, -0.25) is 9.59 Å². The first-order valence-corrected chi connectivity index (χ1v) is 10.8. The summed E-state index contributed by atoms with van der Waals surface area (Å²) in [5, 5.41) is 9.21. The number of nitrogens with one attached hydrogen (secondary N) is 1. The van der Waals surface area contributed by atoms with Crippen LogP contribution in [0.25, 0.3) is 11.3 Å². The summed E-state index contributed by atoms with van der Waals surface area (Å²) in [5.41, 5.74) is 2.50. The van der Waals surface area contributed by atoms with Crippen LogP contribution >= 0.6 is 11.3 Å². The fraction of sp³-hybridized carbons (Fsp3) is 0.364. The van der Waals surface area contributed by atoms with Crippen LogP contribution in [0, 0.1) is 5.92 Å². The third-order valence-corrected chi connectivity index (χ3v) is 5.42. The Balaban J connectivity index is 1.43. The minimum atomic E-state index is -0.113. The monoisotopic (exact) mass is 426 g/mol. The average molecular weight is 427 g/mol. The number of hydrogen-bond donors (Lipinski definition) is 1. The van der Waals surface area contributed by atoms with Gasteiger partial charge in [0.15, 0.2) is 5.13 Å². The second-order valence-corrected chi connectivity index (χ2v) is 8.29. The van der Waals surface area contributed by atoms with Gasteiger partial charge in [0.1, 0.15) is 11.5 Å². The van der Waals surface area contributed by atoms with Crippen molar-refractivity contribution in [2.45, 2.75) is 33.1 Å². The number of hydrogen-bond acceptors (Lipinski definition) is 6. The van der Waals surface area contributed by atoms with Gasteiger partial charge < -0.3 is 14.7 Å². The molecule has 2 heterocycles. The van der Waals surface area contributed by atoms with Crippen LogP contribution in [0.1, 0.15) is 31.7 Å². The molecule has 30 heavy (non-hydrogen) atoms. The molecule has 0 bridgehead atoms. The fourth-order valence-electron chi connectivity index (χ4n) is 2.78. The van der Waals surface area contributed by atoms with Gasteiger partial charge >= 0.3 is 0 Å². The van der Waals surface area contributed by atoms with Gasteiger partial charge in [-0.25, -0.2) is 4.98 Å². The molecule has 2 amide bonds. The van der Waals surface area contributed by atoms with Crippen LogP contribution in [0.4, 0.5) is 5.13 Å². The first-order valence-electron chi connectivity index (χ1n) is 9.92. The van der Waals surface area contributed by atoms with Gasteiger partial charge in [0.25, 0.3) is 0 Å². The van der Waals surface area contributed by atoms with Crippen LogP contribution in [0.5, 0.6) is 0 Å². The van der Waals surface area contributed by atoms with Crippen molar-refractivity contribution >= 4 is 28.3 Å². The summed E-state index contributed by atoms with van der Waals surface area (Å²) in [5.74, 6) is 0.602. The van der Waals surface area contributed by atoms with Gasteiger partial charge in [0.2, 0.25) is 11.8 Å². The molecular weight excluding hydrogens is 400 g/mol. The minimum absolute atomic E-state index is 0.00965. The highest BCUT2D eigenvalue weighted by molar-refractivity contribution is 7.13. The Morgan fingerprint density at radius 1 is 1.23 bits per heavy atom. The van der Waals surface area contributed by atoms with Crippen LogP contribution < -0.4 is 5.32 Å². The SMILES string of the molecule is CC(C)C(=O)Nc1nc(CC(=O)N(C)CCCc2cc(-c3ccccc3)no2)cs1. The molecule has 0 aliphatic rings. The van der Waals surface area contributed by atoms with Crippen molar-refractivity contribution in [1.29, 1.82) is 0 Å². The van der Waals surface area contributed by atoms with Crippen molar-refractivity contribution in [3.63, 3.8) is 0 Å². The number of aryl methyl sites for hydroxylation is 1. The maximum Gasteiger partial charge on any atom is 0.228 e. The van der Waals surface area contributed by atoms with Crippen LogP contribution in [0.3, 0.4) is 0 Å². The number of rotatable bonds is 9. The molecule has 0 unspecified atom stereocenters. The van der Waals surface area contributed by atoms with E-state index in [2.05, 4.69) is 15.5 Å². The smallest absolute Gasteiger partial charge is 0.228 e. The van der Waals surface area contributed by atoms with E-state index < -0.39 is 0 Å². The first-order chi connectivity index (χ1) is 14.4. The Morgan fingerprint density at radius 3 is 2.73 bits per heavy atom. The van der Waals surface area contributed by atoms with Crippen molar-refractivity contribution in [1.82, 2.24) is 15.0 Å². The van der Waals surface area contributed by atoms with E-state index in [1.54, 1.807) is 17.3 Å². The molecule has 0 fully saturated rings. The molecule has 0 aliphatic carbocycles. The molecule has 3 rings (SSSR count). The highest BCUT2D eigenvalue weighted by atomic mass is 32.1. The molecule has 7 nitrogen and oxygen atoms in total. The molecular formula is C22H26N4O3S. The van der Waals surface area contributed by atoms with Gasteiger partial charge in [-0.05, 0) is 6.42 Å². The van der Waals surface area contributed by atoms with Gasteiger partial charge in [0.05, 0.1) is 12.1 Å². The minimum Gasteiger partial charge on any atom is -0.361 e. The lowest BCUT2D eigenvalue weighted by Crippen LogP contribution is -2.29. The molecule has 0 atom stereocenters. The number of likely N-dealkylation sites (N-methyl/N-ethyl adjacent to an activating group) is 1. The van der Waals surface area contributed by atoms with Gasteiger partial charge in [-0.2, -0.15) is 0 Å². The van der Waals surface area contributed by atoms with Crippen LogP contribution in [0.15, 0.2) is 46.3 Å². The maximum atomic E-state index is 12.5. The number of carbonyl (C=O) groups is 2. The number of anilines is 1. The van der Waals surface area contributed by atoms with E-state index in [1.807, 2.05) is 50.2 Å². The number of benzene rings is 1. The summed E-state index contributed by atoms with van der Waals surface area (Å²) in [7, 11) is 1.78. The van der Waals surface area contributed by atoms with Crippen molar-refractivity contribution in [2.75, 3.05) is 18.9 Å². The molecule has 0 radical (unpaired) electrons. The Kier molecular flexibility index (Phi) is 7.35. The molecule has 158 valence electrons. The zero-order valence-corrected chi connectivity index (χ0v) is 18.2. The number of aromatic nitrogens is 2. The van der Waals surface area contributed by atoms with E-state index in [0.29, 0.717) is 23.8 Å². The van der Waals surface area contributed by atoms with E-state index in [0.717, 1.165) is 23.4 Å². The number of carbonyl (C=O) groups excluding carboxylic acids is 2. The Bertz CT molecular complexity index is 981. The summed E-state index contributed by atoms with van der Waals surface area (Å²) in [4.78, 5) is 30.2. The summed E-state index contributed by atoms with van der Waals surface area (Å²) in [6.07, 6.45) is 1.70. The Labute approximate surface area is 180 Å². The largest absolute Gasteiger partial charge is 0.361 e. The van der Waals surface area contributed by atoms with E-state index in [4.69, 9.17) is 4.52 Å². The Morgan fingerprint density at radius 2 is 2.00 bits per heavy atom. The van der Waals surface area contributed by atoms with Crippen molar-refractivity contribution < 1.29 is 14.1 Å². The van der Waals surface area contributed by atoms with E-state index in [1.165, 1.54) is 11.3 Å². The second-order valence-electron chi connectivity index (χ2n) is 7.43. The molecule has 0 aliphatic heterocycles. The van der Waals surface area contributed by atoms with Gasteiger partial charge in [0, 0.05) is 42.9 Å². The fourth-order valence-corrected chi connectivity index (χ4v) is 3.49. The van der Waals surface area contributed by atoms with Crippen molar-refractivity contribution in [2.24, 2.45) is 5.92 Å². The lowest BCUT2D eigenvalue weighted by molar-refractivity contribution is -0.129. The standard InChI is InChI=1S/C22H26N4O3S/c1-15(2)21(28)24-22-23-17(14-30-22)12-20(27)26(3)11-7-10-18-13-19(25-29-18)16-8-5-4-6-9-16/h4-6,8-9,13-15H,7,10-12H2,1-3H3,(H,23,24,28). The summed E-state index contributed by atoms with van der Waals surface area (Å²) >= 11 is 1.33. The lowest BCUT2D eigenvalue weighted by Gasteiger charge is -2.16. The number of thiazole rings is 1. The third kappa shape index (κ3) is 6.00. The van der Waals surface area contributed by atoms with Crippen LogP contribution in [-0.4, -0.2) is 40.4 Å². The molecule has 1 N–H and O–H groups in total. The highest BCUT2D eigenvalue weighted by Gasteiger charge is 2.15. The predicted octanol–water partition coefficient (Wildman–Crippen LogP) is 4.03. The van der Waals surface area contributed by atoms with Crippen molar-refractivity contribution in [3.8, 4) is 11.3 Å². The summed E-state index contributed by atoms with van der Waals surface area (Å²) in [6.45, 7) is 4.26. The molecule has 1 aromatic carbocycles. The lowest BCUT2D eigenvalue weighted by atomic mass is 10.1. The normalized spacial score (nSPS) is 10.9. The topological polar surface area (TPSA) is 88.3 Å². The maximum absolute atomic E-state index is 12.5. The Hall–Kier alpha value is -3.00. The van der Waals surface area contributed by atoms with E-state index in [-0.39, 0.29) is 24.2 Å². The van der Waals surface area contributed by atoms with E-state index in [9.17, 15) is 9.59 Å². The van der Waals surface area contributed by atoms with Gasteiger partial charge in [-0.1, -0.05) is 49.3 Å². The molecule has 0 saturated carbocycles. The summed E-state index contributed by atoms with van der Waals surface area (Å²) in [6, 6.07) is 11.8. The van der Waals surface area contributed by atoms with Crippen LogP contribution in [-0.2, 0) is 22.4 Å². The second kappa shape index (κ2) is 10.2. The third-order valence-electron chi connectivity index (χ3n) is 4.61. The number of amides is 2. The molecule has 3 aromatic rings. The zero-order valence-electron chi connectivity index (χ0n) is 17.4. The van der Waals surface area contributed by atoms with E-state index >= 15 is 0 Å². The quantitative estimate of drug-likeness (QED) is 0.558. The predicted molar refractivity (Wildman–Crippen MR) is 117 cm³/mol. The first kappa shape index (κ1) is 21.7. The summed E-state index contributed by atoms with van der Waals surface area (Å²) < 4.78 is 5.41.